The van der Waals surface area contributed by atoms with Crippen LogP contribution in [0.3, 0.4) is 0 Å². The largest absolute Gasteiger partial charge is 0.290 e. The van der Waals surface area contributed by atoms with Crippen molar-refractivity contribution < 1.29 is 4.79 Å². The second kappa shape index (κ2) is 10.8. The minimum absolute atomic E-state index is 0.0114. The Kier molecular flexibility index (Phi) is 7.36. The van der Waals surface area contributed by atoms with Gasteiger partial charge >= 0.3 is 0 Å². The molecule has 190 valence electrons. The van der Waals surface area contributed by atoms with Gasteiger partial charge in [-0.1, -0.05) is 124 Å². The van der Waals surface area contributed by atoms with Crippen LogP contribution >= 0.6 is 63.7 Å². The highest BCUT2D eigenvalue weighted by Gasteiger charge is 2.46. The first-order valence-electron chi connectivity index (χ1n) is 12.3. The van der Waals surface area contributed by atoms with E-state index in [1.807, 2.05) is 24.3 Å². The highest BCUT2D eigenvalue weighted by atomic mass is 79.9. The van der Waals surface area contributed by atoms with E-state index in [1.165, 1.54) is 0 Å². The Morgan fingerprint density at radius 3 is 1.15 bits per heavy atom. The SMILES string of the molecule is O=C1C=CC2(C=C1)C(c1cccc(Br)c1)=C(c1cccc(Br)c1)C(c1cccc(Br)c1)=C2c1cccc(Br)c1. The Morgan fingerprint density at radius 1 is 0.462 bits per heavy atom. The van der Waals surface area contributed by atoms with Crippen molar-refractivity contribution in [2.24, 2.45) is 5.41 Å². The molecule has 0 aliphatic heterocycles. The van der Waals surface area contributed by atoms with E-state index in [4.69, 9.17) is 0 Å². The summed E-state index contributed by atoms with van der Waals surface area (Å²) < 4.78 is 4.00. The van der Waals surface area contributed by atoms with Gasteiger partial charge in [-0.15, -0.1) is 0 Å². The van der Waals surface area contributed by atoms with Crippen molar-refractivity contribution in [3.8, 4) is 0 Å². The molecule has 39 heavy (non-hydrogen) atoms. The van der Waals surface area contributed by atoms with E-state index >= 15 is 0 Å². The summed E-state index contributed by atoms with van der Waals surface area (Å²) in [6.45, 7) is 0. The fourth-order valence-electron chi connectivity index (χ4n) is 5.58. The summed E-state index contributed by atoms with van der Waals surface area (Å²) in [6.07, 6.45) is 7.56. The van der Waals surface area contributed by atoms with Gasteiger partial charge in [0.05, 0.1) is 5.41 Å². The lowest BCUT2D eigenvalue weighted by molar-refractivity contribution is -0.110. The Hall–Kier alpha value is -2.57. The molecule has 5 heteroatoms. The molecule has 0 saturated heterocycles. The minimum atomic E-state index is -0.676. The van der Waals surface area contributed by atoms with Gasteiger partial charge in [-0.25, -0.2) is 0 Å². The Labute approximate surface area is 261 Å². The van der Waals surface area contributed by atoms with E-state index in [0.717, 1.165) is 62.4 Å². The molecule has 0 saturated carbocycles. The smallest absolute Gasteiger partial charge is 0.178 e. The van der Waals surface area contributed by atoms with Crippen LogP contribution in [-0.4, -0.2) is 5.78 Å². The highest BCUT2D eigenvalue weighted by Crippen LogP contribution is 2.63. The Balaban J connectivity index is 1.84. The summed E-state index contributed by atoms with van der Waals surface area (Å²) in [4.78, 5) is 12.6. The lowest BCUT2D eigenvalue weighted by Gasteiger charge is -2.32. The normalized spacial score (nSPS) is 16.1. The molecule has 0 N–H and O–H groups in total. The monoisotopic (exact) mass is 760 g/mol. The number of carbonyl (C=O) groups excluding carboxylic acids is 1. The van der Waals surface area contributed by atoms with Gasteiger partial charge in [-0.2, -0.15) is 0 Å². The van der Waals surface area contributed by atoms with Gasteiger partial charge < -0.3 is 0 Å². The fraction of sp³-hybridized carbons (Fsp3) is 0.0294. The molecule has 1 nitrogen and oxygen atoms in total. The van der Waals surface area contributed by atoms with Gasteiger partial charge in [-0.3, -0.25) is 4.79 Å². The highest BCUT2D eigenvalue weighted by molar-refractivity contribution is 9.11. The van der Waals surface area contributed by atoms with Crippen molar-refractivity contribution in [1.29, 1.82) is 0 Å². The molecule has 0 heterocycles. The van der Waals surface area contributed by atoms with Gasteiger partial charge in [0.15, 0.2) is 5.78 Å². The molecule has 0 unspecified atom stereocenters. The quantitative estimate of drug-likeness (QED) is 0.202. The van der Waals surface area contributed by atoms with Crippen molar-refractivity contribution in [2.45, 2.75) is 0 Å². The van der Waals surface area contributed by atoms with Crippen LogP contribution in [-0.2, 0) is 4.79 Å². The molecule has 6 rings (SSSR count). The number of allylic oxidation sites excluding steroid dienone is 8. The maximum absolute atomic E-state index is 12.6. The average Bonchev–Trinajstić information content (AvgIpc) is 3.21. The number of hydrogen-bond acceptors (Lipinski definition) is 1. The summed E-state index contributed by atoms with van der Waals surface area (Å²) in [5.41, 5.74) is 8.21. The number of benzene rings is 4. The first kappa shape index (κ1) is 26.6. The topological polar surface area (TPSA) is 17.1 Å². The molecule has 0 bridgehead atoms. The fourth-order valence-corrected chi connectivity index (χ4v) is 7.18. The maximum Gasteiger partial charge on any atom is 0.178 e. The van der Waals surface area contributed by atoms with Crippen molar-refractivity contribution in [3.63, 3.8) is 0 Å². The molecular weight excluding hydrogens is 744 g/mol. The zero-order valence-corrected chi connectivity index (χ0v) is 26.8. The summed E-state index contributed by atoms with van der Waals surface area (Å²) in [5, 5.41) is 0. The first-order chi connectivity index (χ1) is 18.9. The molecule has 2 aliphatic carbocycles. The third kappa shape index (κ3) is 4.95. The second-order valence-electron chi connectivity index (χ2n) is 9.48. The molecule has 0 atom stereocenters. The standard InChI is InChI=1S/C34H20Br4O/c35-25-9-1-5-21(17-25)30-31(22-6-2-10-26(36)18-22)33(24-8-4-12-28(38)20-24)34(15-13-29(39)14-16-34)32(30)23-7-3-11-27(37)19-23/h1-20H. The third-order valence-electron chi connectivity index (χ3n) is 7.05. The van der Waals surface area contributed by atoms with Crippen molar-refractivity contribution in [1.82, 2.24) is 0 Å². The van der Waals surface area contributed by atoms with Gasteiger partial charge in [0.2, 0.25) is 0 Å². The molecule has 4 aromatic carbocycles. The average molecular weight is 764 g/mol. The maximum atomic E-state index is 12.6. The molecule has 2 aliphatic rings. The Bertz CT molecular complexity index is 1640. The number of carbonyl (C=O) groups is 1. The number of halogens is 4. The van der Waals surface area contributed by atoms with E-state index in [9.17, 15) is 4.79 Å². The second-order valence-corrected chi connectivity index (χ2v) is 13.1. The summed E-state index contributed by atoms with van der Waals surface area (Å²) in [6, 6.07) is 33.7. The molecule has 0 aromatic heterocycles. The van der Waals surface area contributed by atoms with Gasteiger partial charge in [-0.05, 0) is 105 Å². The Morgan fingerprint density at radius 2 is 0.795 bits per heavy atom. The predicted molar refractivity (Wildman–Crippen MR) is 176 cm³/mol. The molecule has 0 fully saturated rings. The molecular formula is C34H20Br4O. The number of ketones is 1. The van der Waals surface area contributed by atoms with Gasteiger partial charge in [0.1, 0.15) is 0 Å². The van der Waals surface area contributed by atoms with Crippen LogP contribution in [0.4, 0.5) is 0 Å². The minimum Gasteiger partial charge on any atom is -0.290 e. The van der Waals surface area contributed by atoms with Gasteiger partial charge in [0.25, 0.3) is 0 Å². The number of hydrogen-bond donors (Lipinski definition) is 0. The molecule has 0 radical (unpaired) electrons. The van der Waals surface area contributed by atoms with Crippen molar-refractivity contribution in [2.75, 3.05) is 0 Å². The van der Waals surface area contributed by atoms with Crippen LogP contribution in [0.2, 0.25) is 0 Å². The van der Waals surface area contributed by atoms with Crippen LogP contribution < -0.4 is 0 Å². The van der Waals surface area contributed by atoms with Crippen LogP contribution in [0.15, 0.2) is 139 Å². The van der Waals surface area contributed by atoms with Crippen LogP contribution in [0.1, 0.15) is 22.3 Å². The number of rotatable bonds is 4. The third-order valence-corrected chi connectivity index (χ3v) is 9.02. The predicted octanol–water partition coefficient (Wildman–Crippen LogP) is 11.0. The zero-order chi connectivity index (χ0) is 27.1. The molecule has 1 spiro atoms. The van der Waals surface area contributed by atoms with Crippen LogP contribution in [0.5, 0.6) is 0 Å². The first-order valence-corrected chi connectivity index (χ1v) is 15.5. The summed E-state index contributed by atoms with van der Waals surface area (Å²) in [7, 11) is 0. The van der Waals surface area contributed by atoms with Crippen LogP contribution in [0, 0.1) is 5.41 Å². The van der Waals surface area contributed by atoms with E-state index in [2.05, 4.69) is 149 Å². The summed E-state index contributed by atoms with van der Waals surface area (Å²) in [5.74, 6) is -0.0114. The van der Waals surface area contributed by atoms with E-state index in [-0.39, 0.29) is 5.78 Å². The summed E-state index contributed by atoms with van der Waals surface area (Å²) >= 11 is 14.9. The van der Waals surface area contributed by atoms with E-state index in [1.54, 1.807) is 12.2 Å². The lowest BCUT2D eigenvalue weighted by Crippen LogP contribution is -2.21. The lowest BCUT2D eigenvalue weighted by atomic mass is 9.69. The molecule has 4 aromatic rings. The van der Waals surface area contributed by atoms with Crippen molar-refractivity contribution >= 4 is 91.8 Å². The zero-order valence-electron chi connectivity index (χ0n) is 20.5. The molecule has 0 amide bonds. The van der Waals surface area contributed by atoms with E-state index in [0.29, 0.717) is 0 Å². The van der Waals surface area contributed by atoms with Gasteiger partial charge in [0, 0.05) is 17.9 Å². The van der Waals surface area contributed by atoms with E-state index < -0.39 is 5.41 Å². The van der Waals surface area contributed by atoms with Crippen molar-refractivity contribution in [3.05, 3.63) is 162 Å². The van der Waals surface area contributed by atoms with Crippen LogP contribution in [0.25, 0.3) is 22.3 Å².